The predicted octanol–water partition coefficient (Wildman–Crippen LogP) is 2.18. The first-order valence-electron chi connectivity index (χ1n) is 5.11. The summed E-state index contributed by atoms with van der Waals surface area (Å²) in [5.74, 6) is 0.648. The first kappa shape index (κ1) is 10.1. The van der Waals surface area contributed by atoms with Crippen molar-refractivity contribution in [3.05, 3.63) is 21.9 Å². The van der Waals surface area contributed by atoms with Crippen molar-refractivity contribution in [2.24, 2.45) is 5.92 Å². The van der Waals surface area contributed by atoms with Crippen LogP contribution in [0, 0.1) is 12.8 Å². The molecule has 2 rings (SSSR count). The fourth-order valence-electron chi connectivity index (χ4n) is 1.73. The molecule has 1 saturated heterocycles. The first-order chi connectivity index (χ1) is 6.77. The molecule has 2 atom stereocenters. The molecule has 2 nitrogen and oxygen atoms in total. The molecule has 0 aliphatic carbocycles. The number of thiophene rings is 1. The molecular formula is C11H17NOS. The molecule has 2 unspecified atom stereocenters. The SMILES string of the molecule is Cc1ccsc1CNC1COCC1C. The smallest absolute Gasteiger partial charge is 0.0623 e. The van der Waals surface area contributed by atoms with E-state index >= 15 is 0 Å². The topological polar surface area (TPSA) is 21.3 Å². The number of ether oxygens (including phenoxy) is 1. The predicted molar refractivity (Wildman–Crippen MR) is 59.7 cm³/mol. The van der Waals surface area contributed by atoms with Crippen LogP contribution < -0.4 is 5.32 Å². The summed E-state index contributed by atoms with van der Waals surface area (Å²) >= 11 is 1.83. The average Bonchev–Trinajstić information content (AvgIpc) is 2.72. The highest BCUT2D eigenvalue weighted by Gasteiger charge is 2.23. The highest BCUT2D eigenvalue weighted by atomic mass is 32.1. The summed E-state index contributed by atoms with van der Waals surface area (Å²) in [6.07, 6.45) is 0. The Hall–Kier alpha value is -0.380. The minimum absolute atomic E-state index is 0.538. The van der Waals surface area contributed by atoms with Gasteiger partial charge in [0.1, 0.15) is 0 Å². The maximum Gasteiger partial charge on any atom is 0.0623 e. The van der Waals surface area contributed by atoms with E-state index in [-0.39, 0.29) is 0 Å². The Bertz CT molecular complexity index is 297. The van der Waals surface area contributed by atoms with Crippen LogP contribution in [0.15, 0.2) is 11.4 Å². The fraction of sp³-hybridized carbons (Fsp3) is 0.636. The monoisotopic (exact) mass is 211 g/mol. The molecule has 0 spiro atoms. The molecule has 14 heavy (non-hydrogen) atoms. The zero-order valence-corrected chi connectivity index (χ0v) is 9.56. The summed E-state index contributed by atoms with van der Waals surface area (Å²) < 4.78 is 5.41. The van der Waals surface area contributed by atoms with E-state index in [0.29, 0.717) is 12.0 Å². The molecule has 0 saturated carbocycles. The third-order valence-electron chi connectivity index (χ3n) is 2.86. The zero-order chi connectivity index (χ0) is 9.97. The molecule has 3 heteroatoms. The molecule has 1 N–H and O–H groups in total. The van der Waals surface area contributed by atoms with Crippen molar-refractivity contribution >= 4 is 11.3 Å². The molecule has 78 valence electrons. The van der Waals surface area contributed by atoms with E-state index in [1.807, 2.05) is 11.3 Å². The summed E-state index contributed by atoms with van der Waals surface area (Å²) in [5.41, 5.74) is 1.40. The van der Waals surface area contributed by atoms with Gasteiger partial charge in [-0.2, -0.15) is 0 Å². The van der Waals surface area contributed by atoms with Gasteiger partial charge in [-0.15, -0.1) is 11.3 Å². The van der Waals surface area contributed by atoms with Crippen LogP contribution >= 0.6 is 11.3 Å². The number of hydrogen-bond acceptors (Lipinski definition) is 3. The van der Waals surface area contributed by atoms with Crippen molar-refractivity contribution in [1.29, 1.82) is 0 Å². The van der Waals surface area contributed by atoms with Crippen LogP contribution in [0.25, 0.3) is 0 Å². The van der Waals surface area contributed by atoms with Gasteiger partial charge in [-0.25, -0.2) is 0 Å². The quantitative estimate of drug-likeness (QED) is 0.827. The third-order valence-corrected chi connectivity index (χ3v) is 3.88. The fourth-order valence-corrected chi connectivity index (χ4v) is 2.59. The Morgan fingerprint density at radius 3 is 3.00 bits per heavy atom. The Kier molecular flexibility index (Phi) is 3.21. The van der Waals surface area contributed by atoms with Crippen molar-refractivity contribution < 1.29 is 4.74 Å². The van der Waals surface area contributed by atoms with Crippen molar-refractivity contribution in [2.45, 2.75) is 26.4 Å². The normalized spacial score (nSPS) is 27.0. The zero-order valence-electron chi connectivity index (χ0n) is 8.75. The minimum atomic E-state index is 0.538. The van der Waals surface area contributed by atoms with E-state index in [1.54, 1.807) is 0 Å². The van der Waals surface area contributed by atoms with E-state index in [9.17, 15) is 0 Å². The molecule has 1 aromatic heterocycles. The van der Waals surface area contributed by atoms with Gasteiger partial charge in [-0.1, -0.05) is 6.92 Å². The van der Waals surface area contributed by atoms with Crippen molar-refractivity contribution in [3.8, 4) is 0 Å². The molecule has 0 radical (unpaired) electrons. The Labute approximate surface area is 89.3 Å². The van der Waals surface area contributed by atoms with Crippen LogP contribution in [0.5, 0.6) is 0 Å². The maximum absolute atomic E-state index is 5.41. The van der Waals surface area contributed by atoms with Gasteiger partial charge < -0.3 is 10.1 Å². The summed E-state index contributed by atoms with van der Waals surface area (Å²) in [6, 6.07) is 2.72. The second kappa shape index (κ2) is 4.43. The highest BCUT2D eigenvalue weighted by molar-refractivity contribution is 7.10. The van der Waals surface area contributed by atoms with Crippen molar-refractivity contribution in [2.75, 3.05) is 13.2 Å². The van der Waals surface area contributed by atoms with Crippen LogP contribution in [0.2, 0.25) is 0 Å². The maximum atomic E-state index is 5.41. The van der Waals surface area contributed by atoms with Crippen LogP contribution in [0.1, 0.15) is 17.4 Å². The lowest BCUT2D eigenvalue weighted by Crippen LogP contribution is -2.33. The van der Waals surface area contributed by atoms with Crippen LogP contribution in [0.3, 0.4) is 0 Å². The summed E-state index contributed by atoms with van der Waals surface area (Å²) in [6.45, 7) is 7.17. The van der Waals surface area contributed by atoms with E-state index in [4.69, 9.17) is 4.74 Å². The van der Waals surface area contributed by atoms with Crippen LogP contribution in [0.4, 0.5) is 0 Å². The molecule has 1 fully saturated rings. The Morgan fingerprint density at radius 2 is 2.43 bits per heavy atom. The summed E-state index contributed by atoms with van der Waals surface area (Å²) in [5, 5.41) is 5.71. The van der Waals surface area contributed by atoms with E-state index in [2.05, 4.69) is 30.6 Å². The largest absolute Gasteiger partial charge is 0.379 e. The molecule has 1 aromatic rings. The van der Waals surface area contributed by atoms with Gasteiger partial charge in [0.15, 0.2) is 0 Å². The lowest BCUT2D eigenvalue weighted by molar-refractivity contribution is 0.184. The van der Waals surface area contributed by atoms with E-state index in [1.165, 1.54) is 10.4 Å². The van der Waals surface area contributed by atoms with E-state index in [0.717, 1.165) is 19.8 Å². The number of aryl methyl sites for hydroxylation is 1. The van der Waals surface area contributed by atoms with Crippen LogP contribution in [-0.4, -0.2) is 19.3 Å². The Balaban J connectivity index is 1.85. The van der Waals surface area contributed by atoms with E-state index < -0.39 is 0 Å². The standard InChI is InChI=1S/C11H17NOS/c1-8-3-4-14-11(8)5-12-10-7-13-6-9(10)2/h3-4,9-10,12H,5-7H2,1-2H3. The third kappa shape index (κ3) is 2.16. The second-order valence-electron chi connectivity index (χ2n) is 4.03. The van der Waals surface area contributed by atoms with Gasteiger partial charge in [-0.05, 0) is 29.9 Å². The Morgan fingerprint density at radius 1 is 1.57 bits per heavy atom. The molecule has 0 amide bonds. The van der Waals surface area contributed by atoms with Gasteiger partial charge in [0.25, 0.3) is 0 Å². The van der Waals surface area contributed by atoms with Gasteiger partial charge in [-0.3, -0.25) is 0 Å². The van der Waals surface area contributed by atoms with Gasteiger partial charge in [0.2, 0.25) is 0 Å². The molecule has 2 heterocycles. The van der Waals surface area contributed by atoms with Crippen molar-refractivity contribution in [1.82, 2.24) is 5.32 Å². The lowest BCUT2D eigenvalue weighted by Gasteiger charge is -2.14. The van der Waals surface area contributed by atoms with Gasteiger partial charge in [0, 0.05) is 17.5 Å². The molecule has 1 aliphatic rings. The van der Waals surface area contributed by atoms with Gasteiger partial charge >= 0.3 is 0 Å². The minimum Gasteiger partial charge on any atom is -0.379 e. The summed E-state index contributed by atoms with van der Waals surface area (Å²) in [7, 11) is 0. The highest BCUT2D eigenvalue weighted by Crippen LogP contribution is 2.17. The lowest BCUT2D eigenvalue weighted by atomic mass is 10.1. The molecule has 0 bridgehead atoms. The second-order valence-corrected chi connectivity index (χ2v) is 5.03. The molecule has 1 aliphatic heterocycles. The van der Waals surface area contributed by atoms with Crippen LogP contribution in [-0.2, 0) is 11.3 Å². The average molecular weight is 211 g/mol. The molecule has 0 aromatic carbocycles. The molecular weight excluding hydrogens is 194 g/mol. The number of hydrogen-bond donors (Lipinski definition) is 1. The number of nitrogens with one attached hydrogen (secondary N) is 1. The summed E-state index contributed by atoms with van der Waals surface area (Å²) in [4.78, 5) is 1.45. The number of rotatable bonds is 3. The first-order valence-corrected chi connectivity index (χ1v) is 5.99. The van der Waals surface area contributed by atoms with Crippen molar-refractivity contribution in [3.63, 3.8) is 0 Å². The van der Waals surface area contributed by atoms with Gasteiger partial charge in [0.05, 0.1) is 13.2 Å².